The van der Waals surface area contributed by atoms with Gasteiger partial charge in [-0.1, -0.05) is 34.1 Å². The first-order chi connectivity index (χ1) is 20.7. The summed E-state index contributed by atoms with van der Waals surface area (Å²) in [7, 11) is 0. The van der Waals surface area contributed by atoms with Gasteiger partial charge >= 0.3 is 12.7 Å². The number of ether oxygens (including phenoxy) is 3. The molecule has 0 radical (unpaired) electrons. The normalized spacial score (nSPS) is 29.4. The lowest BCUT2D eigenvalue weighted by Crippen LogP contribution is -2.56. The van der Waals surface area contributed by atoms with Gasteiger partial charge in [0.1, 0.15) is 30.3 Å². The molecule has 1 aliphatic carbocycles. The van der Waals surface area contributed by atoms with Crippen molar-refractivity contribution in [1.29, 1.82) is 0 Å². The van der Waals surface area contributed by atoms with Gasteiger partial charge in [-0.15, -0.1) is 0 Å². The van der Waals surface area contributed by atoms with E-state index in [1.807, 2.05) is 0 Å². The number of fused-ring (bicyclic) bond motifs is 5. The highest BCUT2D eigenvalue weighted by molar-refractivity contribution is 5.89. The van der Waals surface area contributed by atoms with Gasteiger partial charge in [0.2, 0.25) is 11.8 Å². The van der Waals surface area contributed by atoms with Gasteiger partial charge < -0.3 is 29.2 Å². The van der Waals surface area contributed by atoms with Crippen molar-refractivity contribution < 1.29 is 46.2 Å². The molecule has 0 spiro atoms. The Hall–Kier alpha value is -3.71. The summed E-state index contributed by atoms with van der Waals surface area (Å²) >= 11 is 0. The van der Waals surface area contributed by atoms with Gasteiger partial charge in [-0.05, 0) is 42.7 Å². The predicted molar refractivity (Wildman–Crippen MR) is 148 cm³/mol. The third kappa shape index (κ3) is 6.68. The monoisotopic (exact) mass is 624 g/mol. The summed E-state index contributed by atoms with van der Waals surface area (Å²) in [5.74, 6) is -5.42. The Morgan fingerprint density at radius 1 is 1.11 bits per heavy atom. The molecular formula is C30H36F4N4O6. The fraction of sp³-hybridized carbons (Fsp3) is 0.633. The lowest BCUT2D eigenvalue weighted by molar-refractivity contribution is -0.139. The molecule has 2 bridgehead atoms. The van der Waals surface area contributed by atoms with E-state index in [1.165, 1.54) is 17.0 Å². The predicted octanol–water partition coefficient (Wildman–Crippen LogP) is 5.22. The smallest absolute Gasteiger partial charge is 0.408 e. The van der Waals surface area contributed by atoms with Crippen LogP contribution in [-0.2, 0) is 20.2 Å². The van der Waals surface area contributed by atoms with Crippen LogP contribution in [0.25, 0.3) is 11.0 Å². The summed E-state index contributed by atoms with van der Waals surface area (Å²) in [4.78, 5) is 48.6. The maximum absolute atomic E-state index is 15.8. The zero-order valence-corrected chi connectivity index (χ0v) is 24.9. The molecule has 2 aliphatic heterocycles. The molecule has 1 aromatic heterocycles. The molecule has 2 amide bonds. The molecule has 1 saturated carbocycles. The molecule has 44 heavy (non-hydrogen) atoms. The first kappa shape index (κ1) is 31.7. The number of benzene rings is 1. The molecule has 3 heterocycles. The molecule has 2 aromatic rings. The Kier molecular flexibility index (Phi) is 8.65. The van der Waals surface area contributed by atoms with Gasteiger partial charge in [0, 0.05) is 18.4 Å². The van der Waals surface area contributed by atoms with E-state index in [0.29, 0.717) is 25.5 Å². The number of carbonyl (C=O) groups excluding carboxylic acids is 3. The summed E-state index contributed by atoms with van der Waals surface area (Å²) in [6.45, 7) is 3.64. The summed E-state index contributed by atoms with van der Waals surface area (Å²) in [5, 5.41) is 2.68. The first-order valence-electron chi connectivity index (χ1n) is 14.7. The molecule has 3 aliphatic rings. The average molecular weight is 625 g/mol. The molecule has 1 aromatic carbocycles. The highest BCUT2D eigenvalue weighted by Gasteiger charge is 2.49. The second kappa shape index (κ2) is 12.0. The van der Waals surface area contributed by atoms with Crippen molar-refractivity contribution in [2.75, 3.05) is 6.54 Å². The Morgan fingerprint density at radius 3 is 2.55 bits per heavy atom. The van der Waals surface area contributed by atoms with Gasteiger partial charge in [0.15, 0.2) is 5.69 Å². The average Bonchev–Trinajstić information content (AvgIpc) is 3.59. The Morgan fingerprint density at radius 2 is 1.86 bits per heavy atom. The minimum Gasteiger partial charge on any atom is -0.471 e. The molecule has 240 valence electrons. The molecule has 0 unspecified atom stereocenters. The van der Waals surface area contributed by atoms with Gasteiger partial charge in [-0.2, -0.15) is 17.6 Å². The van der Waals surface area contributed by atoms with Gasteiger partial charge in [-0.25, -0.2) is 14.8 Å². The van der Waals surface area contributed by atoms with E-state index in [0.717, 1.165) is 6.07 Å². The van der Waals surface area contributed by atoms with Gasteiger partial charge in [0.25, 0.3) is 5.92 Å². The van der Waals surface area contributed by atoms with Crippen molar-refractivity contribution in [2.24, 2.45) is 17.3 Å². The lowest BCUT2D eigenvalue weighted by Gasteiger charge is -2.34. The van der Waals surface area contributed by atoms with Crippen LogP contribution in [0.3, 0.4) is 0 Å². The number of alkyl halides is 4. The van der Waals surface area contributed by atoms with Crippen LogP contribution in [0.4, 0.5) is 22.4 Å². The third-order valence-corrected chi connectivity index (χ3v) is 8.53. The van der Waals surface area contributed by atoms with E-state index >= 15 is 8.78 Å². The molecular weight excluding hydrogens is 588 g/mol. The maximum Gasteiger partial charge on any atom is 0.408 e. The lowest BCUT2D eigenvalue weighted by atomic mass is 9.85. The largest absolute Gasteiger partial charge is 0.471 e. The second-order valence-electron chi connectivity index (χ2n) is 12.9. The van der Waals surface area contributed by atoms with Crippen LogP contribution < -0.4 is 14.8 Å². The van der Waals surface area contributed by atoms with E-state index in [1.54, 1.807) is 27.7 Å². The zero-order chi connectivity index (χ0) is 32.0. The summed E-state index contributed by atoms with van der Waals surface area (Å²) < 4.78 is 73.3. The van der Waals surface area contributed by atoms with E-state index in [4.69, 9.17) is 9.47 Å². The van der Waals surface area contributed by atoms with Crippen LogP contribution in [0, 0.1) is 17.3 Å². The molecule has 14 heteroatoms. The second-order valence-corrected chi connectivity index (χ2v) is 12.9. The van der Waals surface area contributed by atoms with E-state index in [9.17, 15) is 23.2 Å². The van der Waals surface area contributed by atoms with Crippen LogP contribution in [0.2, 0.25) is 0 Å². The Balaban J connectivity index is 1.55. The number of carbonyl (C=O) groups is 3. The van der Waals surface area contributed by atoms with Crippen molar-refractivity contribution in [3.05, 3.63) is 23.9 Å². The van der Waals surface area contributed by atoms with Crippen LogP contribution in [-0.4, -0.2) is 70.6 Å². The number of halogens is 4. The van der Waals surface area contributed by atoms with E-state index < -0.39 is 72.0 Å². The minimum absolute atomic E-state index is 0.0133. The molecule has 1 N–H and O–H groups in total. The fourth-order valence-corrected chi connectivity index (χ4v) is 5.87. The molecule has 2 fully saturated rings. The van der Waals surface area contributed by atoms with Gasteiger partial charge in [-0.3, -0.25) is 4.79 Å². The van der Waals surface area contributed by atoms with Crippen LogP contribution in [0.1, 0.15) is 65.5 Å². The van der Waals surface area contributed by atoms with Crippen LogP contribution in [0.15, 0.2) is 18.2 Å². The molecule has 5 rings (SSSR count). The number of nitrogens with zero attached hydrogens (tertiary/aromatic N) is 3. The first-order valence-corrected chi connectivity index (χ1v) is 14.7. The highest BCUT2D eigenvalue weighted by Crippen LogP contribution is 2.42. The van der Waals surface area contributed by atoms with Crippen molar-refractivity contribution >= 4 is 29.3 Å². The van der Waals surface area contributed by atoms with Crippen molar-refractivity contribution in [3.8, 4) is 11.6 Å². The number of aromatic nitrogens is 2. The standard InChI is InChI=1S/C30H36F4N4O6/c1-15-20(14-39)38-13-22(15)43-25-23(35-18-9-8-17(42-27(31)32)12-19(18)36-25)30(33,34)10-6-5-7-16-11-21(16)44-28(41)37-24(26(38)40)29(2,3)4/h8-9,12,14-16,20-22,24,27H,5-7,10-11,13H2,1-4H3,(H,37,41)/t15-,16+,20+,21+,22-,24+/m0/s1. The minimum atomic E-state index is -3.47. The summed E-state index contributed by atoms with van der Waals surface area (Å²) in [6, 6.07) is 1.54. The fourth-order valence-electron chi connectivity index (χ4n) is 5.87. The van der Waals surface area contributed by atoms with E-state index in [-0.39, 0.29) is 41.8 Å². The SMILES string of the molecule is C[C@@H]1[C@@H]2CN(C(=O)[C@H](C(C)(C)C)NC(=O)O[C@@H]3C[C@H]3CCCCC(F)(F)c3nc4ccc(OC(F)F)cc4nc3O2)[C@@H]1C=O. The number of hydrogen-bond acceptors (Lipinski definition) is 8. The summed E-state index contributed by atoms with van der Waals surface area (Å²) in [5.41, 5.74) is -1.48. The quantitative estimate of drug-likeness (QED) is 0.365. The van der Waals surface area contributed by atoms with Crippen molar-refractivity contribution in [2.45, 2.75) is 96.6 Å². The van der Waals surface area contributed by atoms with Gasteiger partial charge in [0.05, 0.1) is 23.6 Å². The van der Waals surface area contributed by atoms with Crippen LogP contribution in [0.5, 0.6) is 11.6 Å². The number of aldehydes is 1. The summed E-state index contributed by atoms with van der Waals surface area (Å²) in [6.07, 6.45) is -0.307. The van der Waals surface area contributed by atoms with Crippen molar-refractivity contribution in [3.63, 3.8) is 0 Å². The van der Waals surface area contributed by atoms with Crippen molar-refractivity contribution in [1.82, 2.24) is 20.2 Å². The van der Waals surface area contributed by atoms with E-state index in [2.05, 4.69) is 20.0 Å². The number of amides is 2. The maximum atomic E-state index is 15.8. The number of hydrogen-bond donors (Lipinski definition) is 1. The highest BCUT2D eigenvalue weighted by atomic mass is 19.3. The number of rotatable bonds is 3. The number of nitrogens with one attached hydrogen (secondary N) is 1. The Bertz CT molecular complexity index is 1420. The Labute approximate surface area is 251 Å². The van der Waals surface area contributed by atoms with Crippen LogP contribution >= 0.6 is 0 Å². The topological polar surface area (TPSA) is 120 Å². The molecule has 10 nitrogen and oxygen atoms in total. The third-order valence-electron chi connectivity index (χ3n) is 8.53. The zero-order valence-electron chi connectivity index (χ0n) is 24.9. The molecule has 1 saturated heterocycles. The molecule has 6 atom stereocenters. The number of alkyl carbamates (subject to hydrolysis) is 1.